The van der Waals surface area contributed by atoms with Gasteiger partial charge in [-0.2, -0.15) is 12.6 Å². The monoisotopic (exact) mass is 234 g/mol. The molecule has 2 atom stereocenters. The van der Waals surface area contributed by atoms with Crippen molar-refractivity contribution < 1.29 is 10.2 Å². The van der Waals surface area contributed by atoms with Gasteiger partial charge in [0.2, 0.25) is 0 Å². The van der Waals surface area contributed by atoms with Gasteiger partial charge in [0.05, 0.1) is 11.1 Å². The van der Waals surface area contributed by atoms with Crippen molar-refractivity contribution in [2.75, 3.05) is 5.75 Å². The predicted molar refractivity (Wildman–Crippen MR) is 56.5 cm³/mol. The van der Waals surface area contributed by atoms with E-state index in [1.54, 1.807) is 0 Å². The van der Waals surface area contributed by atoms with Crippen LogP contribution in [0.25, 0.3) is 0 Å². The Kier molecular flexibility index (Phi) is 4.60. The topological polar surface area (TPSA) is 66.2 Å². The van der Waals surface area contributed by atoms with Gasteiger partial charge < -0.3 is 10.2 Å². The fourth-order valence-electron chi connectivity index (χ4n) is 0.937. The first-order valence-electron chi connectivity index (χ1n) is 4.09. The highest BCUT2D eigenvalue weighted by Crippen LogP contribution is 2.16. The fraction of sp³-hybridized carbons (Fsp3) is 0.500. The van der Waals surface area contributed by atoms with Gasteiger partial charge in [0.15, 0.2) is 5.82 Å². The Balaban J connectivity index is 2.68. The largest absolute Gasteiger partial charge is 0.390 e. The van der Waals surface area contributed by atoms with E-state index in [1.165, 1.54) is 12.4 Å². The molecule has 1 aromatic heterocycles. The SMILES string of the molecule is OC(CCS)C(O)c1ncc(Cl)cn1. The van der Waals surface area contributed by atoms with Crippen molar-refractivity contribution in [2.45, 2.75) is 18.6 Å². The van der Waals surface area contributed by atoms with E-state index in [0.29, 0.717) is 17.2 Å². The van der Waals surface area contributed by atoms with E-state index >= 15 is 0 Å². The number of halogens is 1. The quantitative estimate of drug-likeness (QED) is 0.676. The van der Waals surface area contributed by atoms with Gasteiger partial charge in [0.25, 0.3) is 0 Å². The Morgan fingerprint density at radius 2 is 1.93 bits per heavy atom. The number of hydrogen-bond donors (Lipinski definition) is 3. The normalized spacial score (nSPS) is 15.1. The summed E-state index contributed by atoms with van der Waals surface area (Å²) in [5.74, 6) is 0.662. The molecule has 1 aromatic rings. The van der Waals surface area contributed by atoms with Gasteiger partial charge in [-0.1, -0.05) is 11.6 Å². The highest BCUT2D eigenvalue weighted by molar-refractivity contribution is 7.80. The summed E-state index contributed by atoms with van der Waals surface area (Å²) in [5.41, 5.74) is 0. The molecular formula is C8H11ClN2O2S. The van der Waals surface area contributed by atoms with Crippen LogP contribution in [0.15, 0.2) is 12.4 Å². The number of nitrogens with zero attached hydrogens (tertiary/aromatic N) is 2. The average molecular weight is 235 g/mol. The smallest absolute Gasteiger partial charge is 0.159 e. The van der Waals surface area contributed by atoms with Gasteiger partial charge in [-0.3, -0.25) is 0 Å². The highest BCUT2D eigenvalue weighted by atomic mass is 35.5. The standard InChI is InChI=1S/C8H11ClN2O2S/c9-5-3-10-8(11-4-5)7(13)6(12)1-2-14/h3-4,6-7,12-14H,1-2H2. The first kappa shape index (κ1) is 11.7. The minimum absolute atomic E-state index is 0.170. The van der Waals surface area contributed by atoms with Gasteiger partial charge in [-0.05, 0) is 12.2 Å². The zero-order valence-corrected chi connectivity index (χ0v) is 8.99. The van der Waals surface area contributed by atoms with Crippen LogP contribution in [0.1, 0.15) is 18.3 Å². The van der Waals surface area contributed by atoms with Crippen LogP contribution < -0.4 is 0 Å². The molecular weight excluding hydrogens is 224 g/mol. The van der Waals surface area contributed by atoms with E-state index in [-0.39, 0.29) is 5.82 Å². The molecule has 14 heavy (non-hydrogen) atoms. The van der Waals surface area contributed by atoms with Crippen molar-refractivity contribution in [2.24, 2.45) is 0 Å². The van der Waals surface area contributed by atoms with Gasteiger partial charge in [-0.25, -0.2) is 9.97 Å². The van der Waals surface area contributed by atoms with Crippen molar-refractivity contribution >= 4 is 24.2 Å². The van der Waals surface area contributed by atoms with E-state index in [4.69, 9.17) is 11.6 Å². The summed E-state index contributed by atoms with van der Waals surface area (Å²) >= 11 is 9.53. The van der Waals surface area contributed by atoms with E-state index in [0.717, 1.165) is 0 Å². The second-order valence-electron chi connectivity index (χ2n) is 2.78. The van der Waals surface area contributed by atoms with E-state index in [2.05, 4.69) is 22.6 Å². The van der Waals surface area contributed by atoms with Gasteiger partial charge >= 0.3 is 0 Å². The van der Waals surface area contributed by atoms with Gasteiger partial charge in [0, 0.05) is 12.4 Å². The molecule has 0 bridgehead atoms. The van der Waals surface area contributed by atoms with Crippen LogP contribution in [0.5, 0.6) is 0 Å². The molecule has 0 aliphatic carbocycles. The molecule has 1 heterocycles. The Hall–Kier alpha value is -0.360. The summed E-state index contributed by atoms with van der Waals surface area (Å²) in [5, 5.41) is 19.4. The molecule has 1 rings (SSSR count). The third kappa shape index (κ3) is 3.09. The van der Waals surface area contributed by atoms with Crippen molar-refractivity contribution in [3.05, 3.63) is 23.2 Å². The second-order valence-corrected chi connectivity index (χ2v) is 3.67. The lowest BCUT2D eigenvalue weighted by Gasteiger charge is -2.14. The lowest BCUT2D eigenvalue weighted by molar-refractivity contribution is 0.0119. The summed E-state index contributed by atoms with van der Waals surface area (Å²) in [6, 6.07) is 0. The van der Waals surface area contributed by atoms with Crippen molar-refractivity contribution in [3.63, 3.8) is 0 Å². The van der Waals surface area contributed by atoms with Crippen molar-refractivity contribution in [3.8, 4) is 0 Å². The zero-order chi connectivity index (χ0) is 10.6. The van der Waals surface area contributed by atoms with Crippen molar-refractivity contribution in [1.82, 2.24) is 9.97 Å². The Labute approximate surface area is 92.4 Å². The number of aromatic nitrogens is 2. The molecule has 0 amide bonds. The molecule has 0 aromatic carbocycles. The lowest BCUT2D eigenvalue weighted by Crippen LogP contribution is -2.20. The molecule has 2 N–H and O–H groups in total. The maximum Gasteiger partial charge on any atom is 0.159 e. The summed E-state index contributed by atoms with van der Waals surface area (Å²) < 4.78 is 0. The number of aliphatic hydroxyl groups is 2. The Morgan fingerprint density at radius 1 is 1.36 bits per heavy atom. The molecule has 2 unspecified atom stereocenters. The lowest BCUT2D eigenvalue weighted by atomic mass is 10.1. The second kappa shape index (κ2) is 5.50. The number of hydrogen-bond acceptors (Lipinski definition) is 5. The van der Waals surface area contributed by atoms with Gasteiger partial charge in [0.1, 0.15) is 6.10 Å². The molecule has 0 saturated carbocycles. The molecule has 0 spiro atoms. The molecule has 4 nitrogen and oxygen atoms in total. The molecule has 0 saturated heterocycles. The van der Waals surface area contributed by atoms with Crippen LogP contribution in [0, 0.1) is 0 Å². The highest BCUT2D eigenvalue weighted by Gasteiger charge is 2.19. The minimum atomic E-state index is -1.08. The average Bonchev–Trinajstić information content (AvgIpc) is 2.18. The summed E-state index contributed by atoms with van der Waals surface area (Å²) in [4.78, 5) is 7.61. The number of rotatable bonds is 4. The van der Waals surface area contributed by atoms with Crippen LogP contribution >= 0.6 is 24.2 Å². The van der Waals surface area contributed by atoms with Crippen molar-refractivity contribution in [1.29, 1.82) is 0 Å². The fourth-order valence-corrected chi connectivity index (χ4v) is 1.30. The number of thiol groups is 1. The Bertz CT molecular complexity index is 283. The maximum atomic E-state index is 9.56. The van der Waals surface area contributed by atoms with Crippen LogP contribution in [-0.2, 0) is 0 Å². The molecule has 6 heteroatoms. The Morgan fingerprint density at radius 3 is 2.43 bits per heavy atom. The van der Waals surface area contributed by atoms with E-state index < -0.39 is 12.2 Å². The third-order valence-corrected chi connectivity index (χ3v) is 2.15. The zero-order valence-electron chi connectivity index (χ0n) is 7.34. The minimum Gasteiger partial charge on any atom is -0.390 e. The van der Waals surface area contributed by atoms with Crippen LogP contribution in [-0.4, -0.2) is 32.0 Å². The maximum absolute atomic E-state index is 9.56. The summed E-state index contributed by atoms with van der Waals surface area (Å²) in [6.45, 7) is 0. The molecule has 0 aliphatic heterocycles. The van der Waals surface area contributed by atoms with Gasteiger partial charge in [-0.15, -0.1) is 0 Å². The summed E-state index contributed by atoms with van der Waals surface area (Å²) in [6.07, 6.45) is 1.16. The van der Waals surface area contributed by atoms with Crippen LogP contribution in [0.4, 0.5) is 0 Å². The molecule has 0 radical (unpaired) electrons. The molecule has 0 fully saturated rings. The third-order valence-electron chi connectivity index (χ3n) is 1.69. The molecule has 0 aliphatic rings. The summed E-state index contributed by atoms with van der Waals surface area (Å²) in [7, 11) is 0. The predicted octanol–water partition coefficient (Wildman–Crippen LogP) is 0.844. The first-order chi connectivity index (χ1) is 6.65. The van der Waals surface area contributed by atoms with E-state index in [1.807, 2.05) is 0 Å². The van der Waals surface area contributed by atoms with E-state index in [9.17, 15) is 10.2 Å². The number of aliphatic hydroxyl groups excluding tert-OH is 2. The first-order valence-corrected chi connectivity index (χ1v) is 5.10. The van der Waals surface area contributed by atoms with Crippen LogP contribution in [0.2, 0.25) is 5.02 Å². The molecule has 78 valence electrons. The van der Waals surface area contributed by atoms with Crippen LogP contribution in [0.3, 0.4) is 0 Å².